The van der Waals surface area contributed by atoms with E-state index >= 15 is 0 Å². The Morgan fingerprint density at radius 1 is 0.925 bits per heavy atom. The van der Waals surface area contributed by atoms with Crippen LogP contribution in [0.5, 0.6) is 5.75 Å². The zero-order valence-corrected chi connectivity index (χ0v) is 22.4. The highest BCUT2D eigenvalue weighted by atomic mass is 16.5. The number of carbonyl (C=O) groups excluding carboxylic acids is 1. The average Bonchev–Trinajstić information content (AvgIpc) is 3.33. The molecule has 1 saturated carbocycles. The summed E-state index contributed by atoms with van der Waals surface area (Å²) in [4.78, 5) is 22.4. The van der Waals surface area contributed by atoms with Gasteiger partial charge in [-0.25, -0.2) is 0 Å². The van der Waals surface area contributed by atoms with Gasteiger partial charge in [-0.05, 0) is 55.0 Å². The lowest BCUT2D eigenvalue weighted by Crippen LogP contribution is -2.53. The van der Waals surface area contributed by atoms with E-state index in [4.69, 9.17) is 15.6 Å². The first-order chi connectivity index (χ1) is 19.6. The Morgan fingerprint density at radius 2 is 1.65 bits per heavy atom. The van der Waals surface area contributed by atoms with E-state index in [1.807, 2.05) is 97.3 Å². The van der Waals surface area contributed by atoms with Crippen molar-refractivity contribution in [3.8, 4) is 5.75 Å². The molecule has 3 aromatic rings. The highest BCUT2D eigenvalue weighted by Crippen LogP contribution is 2.41. The number of quaternary nitrogens is 1. The van der Waals surface area contributed by atoms with Crippen LogP contribution in [0.15, 0.2) is 119 Å². The predicted molar refractivity (Wildman–Crippen MR) is 157 cm³/mol. The molecule has 202 valence electrons. The van der Waals surface area contributed by atoms with E-state index in [0.717, 1.165) is 65.4 Å². The monoisotopic (exact) mass is 532 g/mol. The quantitative estimate of drug-likeness (QED) is 0.292. The molecule has 0 saturated heterocycles. The lowest BCUT2D eigenvalue weighted by atomic mass is 9.79. The molecule has 1 fully saturated rings. The van der Waals surface area contributed by atoms with Gasteiger partial charge in [0.05, 0.1) is 18.0 Å². The van der Waals surface area contributed by atoms with E-state index in [-0.39, 0.29) is 22.3 Å². The summed E-state index contributed by atoms with van der Waals surface area (Å²) in [5.74, 6) is 8.88. The lowest BCUT2D eigenvalue weighted by Gasteiger charge is -2.29. The number of allylic oxidation sites excluding steroid dienone is 2. The van der Waals surface area contributed by atoms with Crippen molar-refractivity contribution in [2.24, 2.45) is 27.7 Å². The number of aliphatic imine (C=N–C) groups is 2. The summed E-state index contributed by atoms with van der Waals surface area (Å²) < 4.78 is 6.07. The third-order valence-electron chi connectivity index (χ3n) is 7.96. The minimum absolute atomic E-state index is 0.0154. The van der Waals surface area contributed by atoms with Gasteiger partial charge in [-0.1, -0.05) is 66.7 Å². The number of ether oxygens (including phenoxy) is 1. The van der Waals surface area contributed by atoms with Crippen LogP contribution in [0, 0.1) is 11.8 Å². The molecule has 1 atom stereocenters. The summed E-state index contributed by atoms with van der Waals surface area (Å²) in [6, 6.07) is 28.1. The smallest absolute Gasteiger partial charge is 0.265 e. The van der Waals surface area contributed by atoms with Gasteiger partial charge < -0.3 is 10.1 Å². The van der Waals surface area contributed by atoms with E-state index in [1.165, 1.54) is 0 Å². The van der Waals surface area contributed by atoms with Gasteiger partial charge in [0.15, 0.2) is 0 Å². The molecule has 7 nitrogen and oxygen atoms in total. The zero-order chi connectivity index (χ0) is 27.4. The molecule has 3 N–H and O–H groups in total. The molecule has 0 aromatic heterocycles. The van der Waals surface area contributed by atoms with Crippen LogP contribution in [0.4, 0.5) is 0 Å². The number of rotatable bonds is 8. The number of amidine groups is 1. The molecule has 1 aliphatic carbocycles. The molecule has 3 aliphatic rings. The van der Waals surface area contributed by atoms with Crippen molar-refractivity contribution in [1.29, 1.82) is 0 Å². The summed E-state index contributed by atoms with van der Waals surface area (Å²) in [5, 5.41) is 3.12. The molecular formula is C33H34N5O2+. The maximum atomic E-state index is 12.9. The van der Waals surface area contributed by atoms with Crippen molar-refractivity contribution >= 4 is 18.0 Å². The Labute approximate surface area is 235 Å². The number of amides is 1. The van der Waals surface area contributed by atoms with Crippen molar-refractivity contribution in [2.75, 3.05) is 0 Å². The number of benzene rings is 3. The molecule has 2 heterocycles. The van der Waals surface area contributed by atoms with Gasteiger partial charge in [-0.2, -0.15) is 10.8 Å². The molecule has 7 heteroatoms. The summed E-state index contributed by atoms with van der Waals surface area (Å²) in [5.41, 5.74) is 5.00. The molecule has 0 bridgehead atoms. The highest BCUT2D eigenvalue weighted by Gasteiger charge is 2.46. The summed E-state index contributed by atoms with van der Waals surface area (Å²) in [6.45, 7) is 1.05. The third-order valence-corrected chi connectivity index (χ3v) is 7.96. The first-order valence-corrected chi connectivity index (χ1v) is 13.9. The van der Waals surface area contributed by atoms with Crippen LogP contribution in [0.3, 0.4) is 0 Å². The molecule has 0 spiro atoms. The van der Waals surface area contributed by atoms with Crippen LogP contribution < -0.4 is 15.9 Å². The van der Waals surface area contributed by atoms with Gasteiger partial charge >= 0.3 is 0 Å². The van der Waals surface area contributed by atoms with Crippen molar-refractivity contribution in [3.05, 3.63) is 125 Å². The maximum Gasteiger partial charge on any atom is 0.265 e. The van der Waals surface area contributed by atoms with Crippen LogP contribution in [-0.2, 0) is 17.9 Å². The molecule has 6 rings (SSSR count). The maximum absolute atomic E-state index is 12.9. The van der Waals surface area contributed by atoms with E-state index in [0.29, 0.717) is 13.2 Å². The standard InChI is InChI=1S/C33H33N5O2/c34-38-19-18-35-22-30(38)31(26-14-16-27(17-15-26)33(39)36-21-24-8-3-1-4-9-24)37-32(38)28-12-7-13-29(20-28)40-23-25-10-5-2-6-11-25/h1-13,18-20,22,26-27H,14-17,21,23,34H2/p+1. The van der Waals surface area contributed by atoms with Crippen LogP contribution in [0.1, 0.15) is 42.4 Å². The number of nitrogens with one attached hydrogen (secondary N) is 1. The summed E-state index contributed by atoms with van der Waals surface area (Å²) in [6.07, 6.45) is 8.86. The molecule has 2 aliphatic heterocycles. The molecular weight excluding hydrogens is 498 g/mol. The zero-order valence-electron chi connectivity index (χ0n) is 22.4. The van der Waals surface area contributed by atoms with Crippen molar-refractivity contribution in [3.63, 3.8) is 0 Å². The second-order valence-electron chi connectivity index (χ2n) is 10.6. The van der Waals surface area contributed by atoms with E-state index < -0.39 is 0 Å². The second-order valence-corrected chi connectivity index (χ2v) is 10.6. The molecule has 3 aromatic carbocycles. The Hall–Kier alpha value is -4.33. The van der Waals surface area contributed by atoms with E-state index in [2.05, 4.69) is 10.3 Å². The van der Waals surface area contributed by atoms with Crippen LogP contribution in [0.25, 0.3) is 0 Å². The summed E-state index contributed by atoms with van der Waals surface area (Å²) in [7, 11) is 0. The van der Waals surface area contributed by atoms with Crippen LogP contribution in [-0.4, -0.2) is 22.5 Å². The van der Waals surface area contributed by atoms with Gasteiger partial charge in [-0.3, -0.25) is 9.79 Å². The number of nitrogens with two attached hydrogens (primary N) is 1. The SMILES string of the molecule is N[N+]12C=CN=CC1=C(C1CCC(C(=O)NCc3ccccc3)CC1)N=C2c1cccc(OCc2ccccc2)c1. The second kappa shape index (κ2) is 11.4. The van der Waals surface area contributed by atoms with Gasteiger partial charge in [0.2, 0.25) is 11.6 Å². The van der Waals surface area contributed by atoms with Crippen molar-refractivity contribution < 1.29 is 14.1 Å². The Balaban J connectivity index is 1.16. The molecule has 0 radical (unpaired) electrons. The molecule has 1 unspecified atom stereocenters. The molecule has 40 heavy (non-hydrogen) atoms. The highest BCUT2D eigenvalue weighted by molar-refractivity contribution is 6.00. The van der Waals surface area contributed by atoms with Crippen LogP contribution in [0.2, 0.25) is 0 Å². The third kappa shape index (κ3) is 5.39. The molecule has 1 amide bonds. The van der Waals surface area contributed by atoms with E-state index in [1.54, 1.807) is 6.20 Å². The minimum atomic E-state index is -0.0154. The number of hydrogen-bond donors (Lipinski definition) is 2. The van der Waals surface area contributed by atoms with E-state index in [9.17, 15) is 4.79 Å². The van der Waals surface area contributed by atoms with Crippen molar-refractivity contribution in [2.45, 2.75) is 38.8 Å². The van der Waals surface area contributed by atoms with Gasteiger partial charge in [0, 0.05) is 18.4 Å². The first kappa shape index (κ1) is 25.9. The normalized spacial score (nSPS) is 23.5. The Morgan fingerprint density at radius 3 is 2.40 bits per heavy atom. The van der Waals surface area contributed by atoms with Crippen LogP contribution >= 0.6 is 0 Å². The van der Waals surface area contributed by atoms with Gasteiger partial charge in [0.25, 0.3) is 5.84 Å². The Kier molecular flexibility index (Phi) is 7.40. The fourth-order valence-corrected chi connectivity index (χ4v) is 5.73. The van der Waals surface area contributed by atoms with Gasteiger partial charge in [0.1, 0.15) is 24.3 Å². The average molecular weight is 533 g/mol. The first-order valence-electron chi connectivity index (χ1n) is 13.9. The summed E-state index contributed by atoms with van der Waals surface area (Å²) >= 11 is 0. The number of fused-ring (bicyclic) bond motifs is 1. The number of hydrogen-bond acceptors (Lipinski definition) is 5. The van der Waals surface area contributed by atoms with Crippen molar-refractivity contribution in [1.82, 2.24) is 5.32 Å². The predicted octanol–water partition coefficient (Wildman–Crippen LogP) is 5.61. The fourth-order valence-electron chi connectivity index (χ4n) is 5.73. The number of nitrogens with zero attached hydrogens (tertiary/aromatic N) is 3. The van der Waals surface area contributed by atoms with Gasteiger partial charge in [-0.15, -0.1) is 4.59 Å². The largest absolute Gasteiger partial charge is 0.489 e. The fraction of sp³-hybridized carbons (Fsp3) is 0.242. The lowest BCUT2D eigenvalue weighted by molar-refractivity contribution is -0.750. The number of carbonyl (C=O) groups is 1. The topological polar surface area (TPSA) is 89.1 Å². The minimum Gasteiger partial charge on any atom is -0.489 e. The Bertz CT molecular complexity index is 1490.